The van der Waals surface area contributed by atoms with Crippen LogP contribution in [0.5, 0.6) is 11.5 Å². The number of benzene rings is 2. The van der Waals surface area contributed by atoms with Gasteiger partial charge in [-0.15, -0.1) is 0 Å². The molecule has 0 aromatic heterocycles. The van der Waals surface area contributed by atoms with E-state index >= 15 is 0 Å². The molecule has 0 spiro atoms. The largest absolute Gasteiger partial charge is 0.494 e. The van der Waals surface area contributed by atoms with Crippen LogP contribution in [0, 0.1) is 0 Å². The van der Waals surface area contributed by atoms with Crippen molar-refractivity contribution >= 4 is 0 Å². The molecule has 0 aliphatic carbocycles. The quantitative estimate of drug-likeness (QED) is 0.209. The van der Waals surface area contributed by atoms with Gasteiger partial charge in [0.05, 0.1) is 13.2 Å². The first-order valence-electron chi connectivity index (χ1n) is 11.0. The van der Waals surface area contributed by atoms with Gasteiger partial charge < -0.3 is 19.9 Å². The van der Waals surface area contributed by atoms with Crippen molar-refractivity contribution < 1.29 is 19.9 Å². The Morgan fingerprint density at radius 1 is 0.500 bits per heavy atom. The smallest absolute Gasteiger partial charge is 0.119 e. The van der Waals surface area contributed by atoms with Crippen molar-refractivity contribution in [2.75, 3.05) is 13.2 Å². The first-order chi connectivity index (χ1) is 14.8. The Kier molecular flexibility index (Phi) is 12.6. The van der Waals surface area contributed by atoms with E-state index in [-0.39, 0.29) is 0 Å². The van der Waals surface area contributed by atoms with Crippen LogP contribution in [0.25, 0.3) is 0 Å². The average Bonchev–Trinajstić information content (AvgIpc) is 2.77. The Morgan fingerprint density at radius 2 is 0.833 bits per heavy atom. The molecular weight excluding hydrogens is 380 g/mol. The molecule has 0 fully saturated rings. The molecule has 0 bridgehead atoms. The molecule has 6 nitrogen and oxygen atoms in total. The van der Waals surface area contributed by atoms with Crippen LogP contribution in [0.3, 0.4) is 0 Å². The van der Waals surface area contributed by atoms with E-state index in [9.17, 15) is 0 Å². The molecule has 0 aliphatic rings. The summed E-state index contributed by atoms with van der Waals surface area (Å²) in [6.07, 6.45) is 9.66. The molecule has 2 aromatic rings. The molecule has 0 saturated carbocycles. The Balaban J connectivity index is 1.37. The van der Waals surface area contributed by atoms with Crippen LogP contribution >= 0.6 is 0 Å². The summed E-state index contributed by atoms with van der Waals surface area (Å²) < 4.78 is 11.5. The van der Waals surface area contributed by atoms with Gasteiger partial charge in [0.15, 0.2) is 0 Å². The highest BCUT2D eigenvalue weighted by Crippen LogP contribution is 2.15. The SMILES string of the molecule is ONCc1ccc(OCCCCCCCCCCOc2ccc(CNO)cc2)cc1. The van der Waals surface area contributed by atoms with E-state index < -0.39 is 0 Å². The minimum Gasteiger partial charge on any atom is -0.494 e. The van der Waals surface area contributed by atoms with Gasteiger partial charge in [0.1, 0.15) is 11.5 Å². The van der Waals surface area contributed by atoms with E-state index in [0.717, 1.165) is 48.7 Å². The molecule has 0 aliphatic heterocycles. The van der Waals surface area contributed by atoms with Gasteiger partial charge in [0, 0.05) is 13.1 Å². The van der Waals surface area contributed by atoms with E-state index in [1.165, 1.54) is 38.5 Å². The molecular formula is C24H36N2O4. The third-order valence-corrected chi connectivity index (χ3v) is 4.99. The molecule has 4 N–H and O–H groups in total. The zero-order chi connectivity index (χ0) is 21.3. The van der Waals surface area contributed by atoms with Gasteiger partial charge in [0.2, 0.25) is 0 Å². The van der Waals surface area contributed by atoms with Crippen LogP contribution in [0.2, 0.25) is 0 Å². The van der Waals surface area contributed by atoms with E-state index in [2.05, 4.69) is 11.0 Å². The molecule has 0 radical (unpaired) electrons. The molecule has 30 heavy (non-hydrogen) atoms. The van der Waals surface area contributed by atoms with Crippen LogP contribution in [0.15, 0.2) is 48.5 Å². The Hall–Kier alpha value is -2.12. The third-order valence-electron chi connectivity index (χ3n) is 4.99. The number of hydrogen-bond donors (Lipinski definition) is 4. The molecule has 2 rings (SSSR count). The van der Waals surface area contributed by atoms with Crippen molar-refractivity contribution in [1.29, 1.82) is 0 Å². The summed E-state index contributed by atoms with van der Waals surface area (Å²) in [5, 5.41) is 17.4. The van der Waals surface area contributed by atoms with Crippen LogP contribution in [-0.4, -0.2) is 23.6 Å². The average molecular weight is 417 g/mol. The van der Waals surface area contributed by atoms with Crippen molar-refractivity contribution in [3.8, 4) is 11.5 Å². The monoisotopic (exact) mass is 416 g/mol. The lowest BCUT2D eigenvalue weighted by molar-refractivity contribution is 0.161. The molecule has 0 saturated heterocycles. The van der Waals surface area contributed by atoms with E-state index in [1.54, 1.807) is 0 Å². The second-order valence-electron chi connectivity index (χ2n) is 7.48. The number of rotatable bonds is 17. The van der Waals surface area contributed by atoms with Crippen LogP contribution in [-0.2, 0) is 13.1 Å². The van der Waals surface area contributed by atoms with E-state index in [1.807, 2.05) is 48.5 Å². The predicted octanol–water partition coefficient (Wildman–Crippen LogP) is 5.22. The van der Waals surface area contributed by atoms with Crippen LogP contribution in [0.1, 0.15) is 62.5 Å². The lowest BCUT2D eigenvalue weighted by Crippen LogP contribution is -2.05. The summed E-state index contributed by atoms with van der Waals surface area (Å²) in [6.45, 7) is 2.41. The maximum Gasteiger partial charge on any atom is 0.119 e. The zero-order valence-electron chi connectivity index (χ0n) is 17.8. The fourth-order valence-electron chi connectivity index (χ4n) is 3.23. The maximum absolute atomic E-state index is 8.68. The number of unbranched alkanes of at least 4 members (excludes halogenated alkanes) is 7. The topological polar surface area (TPSA) is 83.0 Å². The highest BCUT2D eigenvalue weighted by atomic mass is 16.5. The van der Waals surface area contributed by atoms with Gasteiger partial charge in [-0.25, -0.2) is 11.0 Å². The van der Waals surface area contributed by atoms with Gasteiger partial charge in [0.25, 0.3) is 0 Å². The van der Waals surface area contributed by atoms with Crippen molar-refractivity contribution in [3.63, 3.8) is 0 Å². The normalized spacial score (nSPS) is 10.9. The molecule has 0 heterocycles. The van der Waals surface area contributed by atoms with Gasteiger partial charge in [-0.2, -0.15) is 0 Å². The fourth-order valence-corrected chi connectivity index (χ4v) is 3.23. The fraction of sp³-hybridized carbons (Fsp3) is 0.500. The molecule has 6 heteroatoms. The summed E-state index contributed by atoms with van der Waals surface area (Å²) in [5.74, 6) is 1.77. The van der Waals surface area contributed by atoms with Gasteiger partial charge >= 0.3 is 0 Å². The van der Waals surface area contributed by atoms with E-state index in [4.69, 9.17) is 19.9 Å². The van der Waals surface area contributed by atoms with Crippen molar-refractivity contribution in [2.45, 2.75) is 64.5 Å². The summed E-state index contributed by atoms with van der Waals surface area (Å²) >= 11 is 0. The molecule has 0 amide bonds. The highest BCUT2D eigenvalue weighted by molar-refractivity contribution is 5.27. The second-order valence-corrected chi connectivity index (χ2v) is 7.48. The Bertz CT molecular complexity index is 602. The van der Waals surface area contributed by atoms with Gasteiger partial charge in [-0.05, 0) is 48.2 Å². The summed E-state index contributed by atoms with van der Waals surface area (Å²) in [7, 11) is 0. The summed E-state index contributed by atoms with van der Waals surface area (Å²) in [6, 6.07) is 15.6. The summed E-state index contributed by atoms with van der Waals surface area (Å²) in [5.41, 5.74) is 6.36. The highest BCUT2D eigenvalue weighted by Gasteiger charge is 1.98. The second kappa shape index (κ2) is 15.7. The van der Waals surface area contributed by atoms with Crippen molar-refractivity contribution in [3.05, 3.63) is 59.7 Å². The number of ether oxygens (including phenoxy) is 2. The van der Waals surface area contributed by atoms with Crippen molar-refractivity contribution in [2.24, 2.45) is 0 Å². The minimum absolute atomic E-state index is 0.450. The Labute approximate surface area is 180 Å². The summed E-state index contributed by atoms with van der Waals surface area (Å²) in [4.78, 5) is 0. The van der Waals surface area contributed by atoms with Crippen LogP contribution in [0.4, 0.5) is 0 Å². The number of hydrogen-bond acceptors (Lipinski definition) is 6. The Morgan fingerprint density at radius 3 is 1.17 bits per heavy atom. The molecule has 2 aromatic carbocycles. The first-order valence-corrected chi connectivity index (χ1v) is 11.0. The number of nitrogens with one attached hydrogen (secondary N) is 2. The lowest BCUT2D eigenvalue weighted by atomic mass is 10.1. The van der Waals surface area contributed by atoms with Crippen molar-refractivity contribution in [1.82, 2.24) is 11.0 Å². The minimum atomic E-state index is 0.450. The van der Waals surface area contributed by atoms with Crippen LogP contribution < -0.4 is 20.4 Å². The molecule has 0 unspecified atom stereocenters. The molecule has 166 valence electrons. The number of hydroxylamine groups is 2. The molecule has 0 atom stereocenters. The lowest BCUT2D eigenvalue weighted by Gasteiger charge is -2.08. The van der Waals surface area contributed by atoms with E-state index in [0.29, 0.717) is 13.1 Å². The maximum atomic E-state index is 8.68. The third kappa shape index (κ3) is 10.6. The predicted molar refractivity (Wildman–Crippen MR) is 118 cm³/mol. The van der Waals surface area contributed by atoms with Gasteiger partial charge in [-0.3, -0.25) is 0 Å². The van der Waals surface area contributed by atoms with Gasteiger partial charge in [-0.1, -0.05) is 62.8 Å². The first kappa shape index (κ1) is 24.2. The zero-order valence-corrected chi connectivity index (χ0v) is 17.8. The standard InChI is InChI=1S/C24H36N2O4/c27-25-19-21-9-13-23(14-10-21)29-17-7-5-3-1-2-4-6-8-18-30-24-15-11-22(12-16-24)20-26-28/h9-16,25-28H,1-8,17-20H2.